The number of hydrogen-bond acceptors (Lipinski definition) is 7. The fraction of sp³-hybridized carbons (Fsp3) is 0.217. The molecule has 35 heavy (non-hydrogen) atoms. The largest absolute Gasteiger partial charge is 0.497 e. The quantitative estimate of drug-likeness (QED) is 0.358. The summed E-state index contributed by atoms with van der Waals surface area (Å²) >= 11 is 0. The first kappa shape index (κ1) is 23.8. The fourth-order valence-corrected chi connectivity index (χ4v) is 3.40. The molecule has 2 aromatic carbocycles. The van der Waals surface area contributed by atoms with Crippen LogP contribution in [0, 0.1) is 0 Å². The standard InChI is InChI=1S/C23H20F3N5O4/c1-4-35-22(32)19-12-27-31(21(19)23(24,25)26)15-7-5-14(6-8-15)20-13-30(29-28-20)16-9-17(33-2)11-18(10-16)34-3/h5-13H,4H2,1-3H3. The predicted molar refractivity (Wildman–Crippen MR) is 118 cm³/mol. The summed E-state index contributed by atoms with van der Waals surface area (Å²) in [4.78, 5) is 12.0. The number of esters is 1. The lowest BCUT2D eigenvalue weighted by atomic mass is 10.1. The zero-order valence-corrected chi connectivity index (χ0v) is 18.9. The van der Waals surface area contributed by atoms with Gasteiger partial charge in [-0.15, -0.1) is 5.10 Å². The number of halogens is 3. The number of rotatable bonds is 7. The van der Waals surface area contributed by atoms with Gasteiger partial charge in [-0.2, -0.15) is 18.3 Å². The first-order valence-electron chi connectivity index (χ1n) is 10.3. The Bertz CT molecular complexity index is 1320. The fourth-order valence-electron chi connectivity index (χ4n) is 3.40. The highest BCUT2D eigenvalue weighted by Gasteiger charge is 2.41. The third-order valence-corrected chi connectivity index (χ3v) is 5.03. The molecule has 4 aromatic rings. The molecule has 182 valence electrons. The number of hydrogen-bond donors (Lipinski definition) is 0. The van der Waals surface area contributed by atoms with E-state index < -0.39 is 23.4 Å². The van der Waals surface area contributed by atoms with E-state index in [9.17, 15) is 18.0 Å². The third-order valence-electron chi connectivity index (χ3n) is 5.03. The van der Waals surface area contributed by atoms with E-state index in [0.717, 1.165) is 6.20 Å². The SMILES string of the molecule is CCOC(=O)c1cnn(-c2ccc(-c3cn(-c4cc(OC)cc(OC)c4)nn3)cc2)c1C(F)(F)F. The predicted octanol–water partition coefficient (Wildman–Crippen LogP) is 4.33. The van der Waals surface area contributed by atoms with Gasteiger partial charge in [-0.3, -0.25) is 0 Å². The minimum Gasteiger partial charge on any atom is -0.497 e. The van der Waals surface area contributed by atoms with Crippen molar-refractivity contribution in [1.29, 1.82) is 0 Å². The van der Waals surface area contributed by atoms with Gasteiger partial charge in [-0.25, -0.2) is 14.2 Å². The Morgan fingerprint density at radius 2 is 1.66 bits per heavy atom. The molecular weight excluding hydrogens is 467 g/mol. The molecule has 0 atom stereocenters. The minimum atomic E-state index is -4.82. The Hall–Kier alpha value is -4.35. The number of methoxy groups -OCH3 is 2. The van der Waals surface area contributed by atoms with Crippen molar-refractivity contribution in [2.45, 2.75) is 13.1 Å². The normalized spacial score (nSPS) is 11.4. The van der Waals surface area contributed by atoms with Crippen molar-refractivity contribution < 1.29 is 32.2 Å². The maximum absolute atomic E-state index is 13.7. The van der Waals surface area contributed by atoms with E-state index in [0.29, 0.717) is 33.1 Å². The molecule has 0 bridgehead atoms. The van der Waals surface area contributed by atoms with Crippen molar-refractivity contribution in [2.24, 2.45) is 0 Å². The molecule has 0 fully saturated rings. The number of ether oxygens (including phenoxy) is 3. The van der Waals surface area contributed by atoms with Crippen molar-refractivity contribution in [1.82, 2.24) is 24.8 Å². The Balaban J connectivity index is 1.65. The van der Waals surface area contributed by atoms with E-state index >= 15 is 0 Å². The summed E-state index contributed by atoms with van der Waals surface area (Å²) in [5.41, 5.74) is 0.000859. The molecule has 2 aromatic heterocycles. The van der Waals surface area contributed by atoms with Gasteiger partial charge in [0.05, 0.1) is 44.6 Å². The van der Waals surface area contributed by atoms with Crippen LogP contribution in [0.25, 0.3) is 22.6 Å². The molecule has 2 heterocycles. The molecule has 0 N–H and O–H groups in total. The van der Waals surface area contributed by atoms with Gasteiger partial charge in [-0.1, -0.05) is 17.3 Å². The highest BCUT2D eigenvalue weighted by molar-refractivity contribution is 5.90. The van der Waals surface area contributed by atoms with Crippen molar-refractivity contribution in [2.75, 3.05) is 20.8 Å². The van der Waals surface area contributed by atoms with Crippen LogP contribution in [0.2, 0.25) is 0 Å². The van der Waals surface area contributed by atoms with E-state index in [1.807, 2.05) is 0 Å². The smallest absolute Gasteiger partial charge is 0.434 e. The Labute approximate surface area is 197 Å². The zero-order chi connectivity index (χ0) is 25.2. The highest BCUT2D eigenvalue weighted by Crippen LogP contribution is 2.34. The Morgan fingerprint density at radius 1 is 1.00 bits per heavy atom. The van der Waals surface area contributed by atoms with Gasteiger partial charge in [0.1, 0.15) is 22.8 Å². The second kappa shape index (κ2) is 9.49. The molecule has 0 aliphatic heterocycles. The molecule has 0 saturated heterocycles. The van der Waals surface area contributed by atoms with E-state index in [1.165, 1.54) is 38.0 Å². The van der Waals surface area contributed by atoms with Gasteiger partial charge >= 0.3 is 12.1 Å². The molecule has 0 spiro atoms. The molecule has 0 unspecified atom stereocenters. The van der Waals surface area contributed by atoms with Crippen LogP contribution >= 0.6 is 0 Å². The van der Waals surface area contributed by atoms with E-state index in [2.05, 4.69) is 15.4 Å². The first-order valence-corrected chi connectivity index (χ1v) is 10.3. The van der Waals surface area contributed by atoms with Crippen LogP contribution in [0.5, 0.6) is 11.5 Å². The van der Waals surface area contributed by atoms with Crippen molar-refractivity contribution >= 4 is 5.97 Å². The van der Waals surface area contributed by atoms with Gasteiger partial charge in [0, 0.05) is 23.8 Å². The number of carbonyl (C=O) groups is 1. The summed E-state index contributed by atoms with van der Waals surface area (Å²) in [5.74, 6) is 0.0544. The van der Waals surface area contributed by atoms with Crippen LogP contribution in [0.4, 0.5) is 13.2 Å². The van der Waals surface area contributed by atoms with Crippen LogP contribution in [0.3, 0.4) is 0 Å². The second-order valence-electron chi connectivity index (χ2n) is 7.20. The summed E-state index contributed by atoms with van der Waals surface area (Å²) in [6.45, 7) is 1.45. The number of nitrogens with zero attached hydrogens (tertiary/aromatic N) is 5. The van der Waals surface area contributed by atoms with Crippen molar-refractivity contribution in [3.05, 3.63) is 66.1 Å². The average molecular weight is 487 g/mol. The number of aromatic nitrogens is 5. The van der Waals surface area contributed by atoms with Crippen LogP contribution in [-0.4, -0.2) is 51.6 Å². The summed E-state index contributed by atoms with van der Waals surface area (Å²) in [6, 6.07) is 11.3. The van der Waals surface area contributed by atoms with Crippen molar-refractivity contribution in [3.63, 3.8) is 0 Å². The number of benzene rings is 2. The lowest BCUT2D eigenvalue weighted by Crippen LogP contribution is -2.18. The topological polar surface area (TPSA) is 93.3 Å². The third kappa shape index (κ3) is 4.81. The van der Waals surface area contributed by atoms with E-state index in [-0.39, 0.29) is 12.3 Å². The zero-order valence-electron chi connectivity index (χ0n) is 18.9. The highest BCUT2D eigenvalue weighted by atomic mass is 19.4. The van der Waals surface area contributed by atoms with Gasteiger partial charge in [0.2, 0.25) is 0 Å². The van der Waals surface area contributed by atoms with E-state index in [4.69, 9.17) is 14.2 Å². The molecule has 9 nitrogen and oxygen atoms in total. The number of carbonyl (C=O) groups excluding carboxylic acids is 1. The molecule has 0 radical (unpaired) electrons. The van der Waals surface area contributed by atoms with Crippen LogP contribution < -0.4 is 9.47 Å². The molecule has 0 aliphatic carbocycles. The first-order chi connectivity index (χ1) is 16.7. The Kier molecular flexibility index (Phi) is 6.45. The van der Waals surface area contributed by atoms with Crippen LogP contribution in [-0.2, 0) is 10.9 Å². The monoisotopic (exact) mass is 487 g/mol. The minimum absolute atomic E-state index is 0.0563. The molecule has 12 heteroatoms. The Morgan fingerprint density at radius 3 is 2.23 bits per heavy atom. The van der Waals surface area contributed by atoms with Gasteiger partial charge in [0.25, 0.3) is 0 Å². The van der Waals surface area contributed by atoms with Gasteiger partial charge in [-0.05, 0) is 19.1 Å². The maximum Gasteiger partial charge on any atom is 0.434 e. The van der Waals surface area contributed by atoms with Crippen molar-refractivity contribution in [3.8, 4) is 34.1 Å². The summed E-state index contributed by atoms with van der Waals surface area (Å²) < 4.78 is 58.7. The summed E-state index contributed by atoms with van der Waals surface area (Å²) in [7, 11) is 3.07. The van der Waals surface area contributed by atoms with Crippen LogP contribution in [0.15, 0.2) is 54.9 Å². The van der Waals surface area contributed by atoms with Gasteiger partial charge < -0.3 is 14.2 Å². The lowest BCUT2D eigenvalue weighted by molar-refractivity contribution is -0.143. The molecule has 0 amide bonds. The lowest BCUT2D eigenvalue weighted by Gasteiger charge is -2.12. The maximum atomic E-state index is 13.7. The molecule has 0 saturated carbocycles. The molecule has 4 rings (SSSR count). The second-order valence-corrected chi connectivity index (χ2v) is 7.20. The molecule has 0 aliphatic rings. The molecular formula is C23H20F3N5O4. The summed E-state index contributed by atoms with van der Waals surface area (Å²) in [6.07, 6.45) is -2.31. The number of alkyl halides is 3. The van der Waals surface area contributed by atoms with Gasteiger partial charge in [0.15, 0.2) is 5.69 Å². The van der Waals surface area contributed by atoms with E-state index in [1.54, 1.807) is 36.5 Å². The van der Waals surface area contributed by atoms with Crippen LogP contribution in [0.1, 0.15) is 23.0 Å². The average Bonchev–Trinajstić information content (AvgIpc) is 3.52. The summed E-state index contributed by atoms with van der Waals surface area (Å²) in [5, 5.41) is 12.0.